The molecule has 4 aromatic rings. The number of rotatable bonds is 3. The van der Waals surface area contributed by atoms with Gasteiger partial charge in [0, 0.05) is 25.1 Å². The molecule has 0 fully saturated rings. The number of aromatic nitrogens is 2. The molecule has 0 saturated carbocycles. The van der Waals surface area contributed by atoms with Crippen molar-refractivity contribution in [2.24, 2.45) is 0 Å². The molecule has 0 amide bonds. The zero-order chi connectivity index (χ0) is 21.7. The SMILES string of the molecule is Cc1ccc(C2=CC=CC3=C(c4ccc(-c5ccc(C)c6nsnc56)s4)C=CC=C2C3)s1. The molecule has 32 heavy (non-hydrogen) atoms. The zero-order valence-corrected chi connectivity index (χ0v) is 20.2. The number of hydrogen-bond acceptors (Lipinski definition) is 5. The first-order valence-electron chi connectivity index (χ1n) is 10.6. The summed E-state index contributed by atoms with van der Waals surface area (Å²) < 4.78 is 9.07. The molecule has 2 bridgehead atoms. The van der Waals surface area contributed by atoms with Crippen LogP contribution >= 0.6 is 34.4 Å². The van der Waals surface area contributed by atoms with E-state index in [2.05, 4.69) is 95.4 Å². The molecule has 0 atom stereocenters. The lowest BCUT2D eigenvalue weighted by molar-refractivity contribution is 1.24. The van der Waals surface area contributed by atoms with Crippen LogP contribution in [0.5, 0.6) is 0 Å². The molecule has 1 aromatic carbocycles. The van der Waals surface area contributed by atoms with Crippen LogP contribution in [0.1, 0.15) is 26.6 Å². The van der Waals surface area contributed by atoms with Crippen molar-refractivity contribution in [3.05, 3.63) is 104 Å². The van der Waals surface area contributed by atoms with E-state index in [0.29, 0.717) is 0 Å². The summed E-state index contributed by atoms with van der Waals surface area (Å²) in [5.74, 6) is 0. The Hall–Kier alpha value is -2.86. The van der Waals surface area contributed by atoms with Gasteiger partial charge in [0.25, 0.3) is 0 Å². The first-order chi connectivity index (χ1) is 15.7. The minimum absolute atomic E-state index is 0.944. The van der Waals surface area contributed by atoms with Crippen LogP contribution in [0.2, 0.25) is 0 Å². The summed E-state index contributed by atoms with van der Waals surface area (Å²) >= 11 is 4.99. The zero-order valence-electron chi connectivity index (χ0n) is 17.8. The van der Waals surface area contributed by atoms with Crippen LogP contribution in [0.3, 0.4) is 0 Å². The van der Waals surface area contributed by atoms with Gasteiger partial charge in [0.2, 0.25) is 0 Å². The van der Waals surface area contributed by atoms with Gasteiger partial charge in [-0.1, -0.05) is 48.6 Å². The highest BCUT2D eigenvalue weighted by molar-refractivity contribution is 7.16. The van der Waals surface area contributed by atoms with Crippen molar-refractivity contribution < 1.29 is 0 Å². The van der Waals surface area contributed by atoms with Gasteiger partial charge in [0.15, 0.2) is 0 Å². The van der Waals surface area contributed by atoms with Gasteiger partial charge in [-0.05, 0) is 72.4 Å². The molecule has 0 saturated heterocycles. The number of thiophene rings is 2. The number of nitrogens with zero attached hydrogens (tertiary/aromatic N) is 2. The summed E-state index contributed by atoms with van der Waals surface area (Å²) in [6.45, 7) is 4.27. The minimum atomic E-state index is 0.944. The molecular weight excluding hydrogens is 449 g/mol. The third-order valence-electron chi connectivity index (χ3n) is 5.95. The Labute approximate surface area is 199 Å². The highest BCUT2D eigenvalue weighted by Crippen LogP contribution is 2.42. The van der Waals surface area contributed by atoms with Gasteiger partial charge in [-0.25, -0.2) is 0 Å². The van der Waals surface area contributed by atoms with Gasteiger partial charge < -0.3 is 0 Å². The van der Waals surface area contributed by atoms with E-state index in [1.54, 1.807) is 0 Å². The van der Waals surface area contributed by atoms with Gasteiger partial charge in [-0.15, -0.1) is 22.7 Å². The fraction of sp³-hybridized carbons (Fsp3) is 0.111. The Morgan fingerprint density at radius 2 is 1.56 bits per heavy atom. The molecule has 0 radical (unpaired) electrons. The van der Waals surface area contributed by atoms with Gasteiger partial charge in [0.05, 0.1) is 11.7 Å². The molecule has 0 spiro atoms. The van der Waals surface area contributed by atoms with Crippen LogP contribution in [0, 0.1) is 13.8 Å². The van der Waals surface area contributed by atoms with Crippen molar-refractivity contribution >= 4 is 56.6 Å². The summed E-state index contributed by atoms with van der Waals surface area (Å²) in [5, 5.41) is 0. The van der Waals surface area contributed by atoms with Crippen molar-refractivity contribution in [3.63, 3.8) is 0 Å². The lowest BCUT2D eigenvalue weighted by Crippen LogP contribution is -1.89. The van der Waals surface area contributed by atoms with Crippen LogP contribution < -0.4 is 0 Å². The van der Waals surface area contributed by atoms with Crippen LogP contribution in [0.4, 0.5) is 0 Å². The highest BCUT2D eigenvalue weighted by Gasteiger charge is 2.19. The second-order valence-corrected chi connectivity index (χ2v) is 11.0. The Morgan fingerprint density at radius 1 is 0.750 bits per heavy atom. The van der Waals surface area contributed by atoms with Crippen molar-refractivity contribution in [1.82, 2.24) is 8.75 Å². The molecule has 6 rings (SSSR count). The number of fused-ring (bicyclic) bond motifs is 3. The lowest BCUT2D eigenvalue weighted by Gasteiger charge is -2.10. The highest BCUT2D eigenvalue weighted by atomic mass is 32.1. The van der Waals surface area contributed by atoms with Gasteiger partial charge in [-0.2, -0.15) is 8.75 Å². The van der Waals surface area contributed by atoms with E-state index >= 15 is 0 Å². The normalized spacial score (nSPS) is 15.7. The van der Waals surface area contributed by atoms with Crippen molar-refractivity contribution in [2.45, 2.75) is 20.3 Å². The number of allylic oxidation sites excluding steroid dienone is 10. The molecule has 5 heteroatoms. The second-order valence-electron chi connectivity index (χ2n) is 8.07. The molecule has 2 nitrogen and oxygen atoms in total. The first kappa shape index (κ1) is 19.8. The maximum atomic E-state index is 4.58. The third kappa shape index (κ3) is 3.37. The predicted molar refractivity (Wildman–Crippen MR) is 140 cm³/mol. The van der Waals surface area contributed by atoms with E-state index in [9.17, 15) is 0 Å². The molecule has 0 unspecified atom stereocenters. The standard InChI is InChI=1S/C27H20N2S3/c1-16-9-11-22(27-26(16)28-32-29-27)25-14-13-24(31-25)21-8-4-5-18-15-19(21)6-3-7-20(18)23-12-10-17(2)30-23/h3-14H,15H2,1-2H3. The molecule has 2 aliphatic rings. The van der Waals surface area contributed by atoms with E-state index in [1.165, 1.54) is 64.7 Å². The molecular formula is C27H20N2S3. The van der Waals surface area contributed by atoms with Crippen LogP contribution in [0.25, 0.3) is 32.6 Å². The van der Waals surface area contributed by atoms with E-state index in [4.69, 9.17) is 0 Å². The van der Waals surface area contributed by atoms with E-state index in [1.807, 2.05) is 22.7 Å². The Morgan fingerprint density at radius 3 is 2.44 bits per heavy atom. The molecule has 3 aromatic heterocycles. The average molecular weight is 469 g/mol. The Kier molecular flexibility index (Phi) is 4.90. The summed E-state index contributed by atoms with van der Waals surface area (Å²) in [5.41, 5.74) is 9.76. The lowest BCUT2D eigenvalue weighted by atomic mass is 9.97. The van der Waals surface area contributed by atoms with Gasteiger partial charge in [-0.3, -0.25) is 0 Å². The number of hydrogen-bond donors (Lipinski definition) is 0. The maximum Gasteiger partial charge on any atom is 0.113 e. The van der Waals surface area contributed by atoms with E-state index in [0.717, 1.165) is 17.5 Å². The maximum absolute atomic E-state index is 4.58. The summed E-state index contributed by atoms with van der Waals surface area (Å²) in [7, 11) is 0. The first-order valence-corrected chi connectivity index (χ1v) is 12.9. The van der Waals surface area contributed by atoms with E-state index in [-0.39, 0.29) is 0 Å². The third-order valence-corrected chi connectivity index (χ3v) is 8.67. The summed E-state index contributed by atoms with van der Waals surface area (Å²) in [6.07, 6.45) is 14.4. The fourth-order valence-corrected chi connectivity index (χ4v) is 6.94. The van der Waals surface area contributed by atoms with Crippen LogP contribution in [-0.2, 0) is 0 Å². The second kappa shape index (κ2) is 7.93. The monoisotopic (exact) mass is 468 g/mol. The Balaban J connectivity index is 1.38. The van der Waals surface area contributed by atoms with E-state index < -0.39 is 0 Å². The quantitative estimate of drug-likeness (QED) is 0.302. The molecule has 3 heterocycles. The topological polar surface area (TPSA) is 25.8 Å². The molecule has 2 aliphatic carbocycles. The van der Waals surface area contributed by atoms with Crippen LogP contribution in [-0.4, -0.2) is 8.75 Å². The van der Waals surface area contributed by atoms with Gasteiger partial charge >= 0.3 is 0 Å². The minimum Gasteiger partial charge on any atom is -0.173 e. The molecule has 156 valence electrons. The van der Waals surface area contributed by atoms with Crippen molar-refractivity contribution in [3.8, 4) is 10.4 Å². The summed E-state index contributed by atoms with van der Waals surface area (Å²) in [6, 6.07) is 13.3. The van der Waals surface area contributed by atoms with Crippen LogP contribution in [0.15, 0.2) is 84.0 Å². The Bertz CT molecular complexity index is 1520. The van der Waals surface area contributed by atoms with Gasteiger partial charge in [0.1, 0.15) is 11.0 Å². The predicted octanol–water partition coefficient (Wildman–Crippen LogP) is 8.39. The average Bonchev–Trinajstić information content (AvgIpc) is 3.50. The largest absolute Gasteiger partial charge is 0.173 e. The van der Waals surface area contributed by atoms with Crippen molar-refractivity contribution in [1.29, 1.82) is 0 Å². The fourth-order valence-electron chi connectivity index (χ4n) is 4.30. The number of benzene rings is 1. The smallest absolute Gasteiger partial charge is 0.113 e. The number of aryl methyl sites for hydroxylation is 2. The molecule has 0 aliphatic heterocycles. The molecule has 0 N–H and O–H groups in total. The summed E-state index contributed by atoms with van der Waals surface area (Å²) in [4.78, 5) is 5.22. The van der Waals surface area contributed by atoms with Crippen molar-refractivity contribution in [2.75, 3.05) is 0 Å².